The van der Waals surface area contributed by atoms with E-state index < -0.39 is 0 Å². The van der Waals surface area contributed by atoms with Gasteiger partial charge in [-0.2, -0.15) is 0 Å². The molecule has 4 aromatic rings. The molecule has 0 radical (unpaired) electrons. The van der Waals surface area contributed by atoms with E-state index in [0.717, 1.165) is 35.3 Å². The van der Waals surface area contributed by atoms with Gasteiger partial charge in [-0.15, -0.1) is 11.3 Å². The van der Waals surface area contributed by atoms with Crippen molar-refractivity contribution in [3.63, 3.8) is 0 Å². The molecule has 5 rings (SSSR count). The molecule has 0 saturated carbocycles. The van der Waals surface area contributed by atoms with E-state index in [4.69, 9.17) is 0 Å². The second-order valence-electron chi connectivity index (χ2n) is 7.97. The van der Waals surface area contributed by atoms with E-state index in [1.807, 2.05) is 49.4 Å². The maximum Gasteiger partial charge on any atom is 0.263 e. The van der Waals surface area contributed by atoms with E-state index in [1.165, 1.54) is 33.4 Å². The average molecular weight is 430 g/mol. The lowest BCUT2D eigenvalue weighted by Crippen LogP contribution is -2.36. The quantitative estimate of drug-likeness (QED) is 0.515. The van der Waals surface area contributed by atoms with Crippen molar-refractivity contribution in [2.75, 3.05) is 0 Å². The number of nitrogens with one attached hydrogen (secondary N) is 1. The Bertz CT molecular complexity index is 1320. The van der Waals surface area contributed by atoms with Crippen LogP contribution in [0.1, 0.15) is 34.9 Å². The van der Waals surface area contributed by atoms with Crippen molar-refractivity contribution in [1.82, 2.24) is 14.9 Å². The van der Waals surface area contributed by atoms with Gasteiger partial charge in [0.1, 0.15) is 11.4 Å². The smallest absolute Gasteiger partial charge is 0.263 e. The third-order valence-electron chi connectivity index (χ3n) is 5.94. The van der Waals surface area contributed by atoms with Crippen LogP contribution < -0.4 is 10.9 Å². The Kier molecular flexibility index (Phi) is 5.16. The number of fused-ring (bicyclic) bond motifs is 2. The Hall–Kier alpha value is -3.25. The molecule has 2 heterocycles. The molecule has 0 spiro atoms. The zero-order chi connectivity index (χ0) is 21.4. The van der Waals surface area contributed by atoms with Gasteiger partial charge in [-0.3, -0.25) is 14.2 Å². The number of carbonyl (C=O) groups excluding carboxylic acids is 1. The van der Waals surface area contributed by atoms with Gasteiger partial charge in [0.25, 0.3) is 5.56 Å². The summed E-state index contributed by atoms with van der Waals surface area (Å²) in [6.45, 7) is 1.97. The fourth-order valence-electron chi connectivity index (χ4n) is 4.50. The normalized spacial score (nSPS) is 15.6. The van der Waals surface area contributed by atoms with Crippen LogP contribution in [-0.2, 0) is 17.8 Å². The van der Waals surface area contributed by atoms with Gasteiger partial charge in [-0.05, 0) is 42.9 Å². The Morgan fingerprint density at radius 3 is 2.77 bits per heavy atom. The van der Waals surface area contributed by atoms with Gasteiger partial charge < -0.3 is 5.32 Å². The van der Waals surface area contributed by atoms with Crippen LogP contribution in [0.4, 0.5) is 0 Å². The Morgan fingerprint density at radius 1 is 1.16 bits per heavy atom. The number of benzene rings is 2. The monoisotopic (exact) mass is 429 g/mol. The summed E-state index contributed by atoms with van der Waals surface area (Å²) in [6.07, 6.45) is 4.49. The van der Waals surface area contributed by atoms with Gasteiger partial charge in [-0.25, -0.2) is 4.98 Å². The first kappa shape index (κ1) is 19.7. The molecular weight excluding hydrogens is 406 g/mol. The van der Waals surface area contributed by atoms with Crippen LogP contribution in [-0.4, -0.2) is 15.5 Å². The molecule has 1 amide bonds. The molecule has 5 nitrogen and oxygen atoms in total. The number of hydrogen-bond donors (Lipinski definition) is 1. The summed E-state index contributed by atoms with van der Waals surface area (Å²) >= 11 is 1.51. The molecule has 0 unspecified atom stereocenters. The van der Waals surface area contributed by atoms with Gasteiger partial charge in [0.15, 0.2) is 0 Å². The molecule has 1 aliphatic carbocycles. The molecule has 2 aromatic heterocycles. The van der Waals surface area contributed by atoms with E-state index in [1.54, 1.807) is 0 Å². The highest BCUT2D eigenvalue weighted by Gasteiger charge is 2.22. The van der Waals surface area contributed by atoms with Gasteiger partial charge in [-0.1, -0.05) is 54.6 Å². The van der Waals surface area contributed by atoms with Gasteiger partial charge >= 0.3 is 0 Å². The number of rotatable bonds is 4. The molecular formula is C25H23N3O2S. The SMILES string of the molecule is Cc1sc2ncn(CC(=O)N[C@H]3CCCc4ccccc43)c(=O)c2c1-c1ccccc1. The molecule has 1 atom stereocenters. The maximum absolute atomic E-state index is 13.3. The van der Waals surface area contributed by atoms with E-state index in [0.29, 0.717) is 10.2 Å². The molecule has 0 fully saturated rings. The number of carbonyl (C=O) groups is 1. The highest BCUT2D eigenvalue weighted by molar-refractivity contribution is 7.19. The molecule has 1 N–H and O–H groups in total. The fraction of sp³-hybridized carbons (Fsp3) is 0.240. The van der Waals surface area contributed by atoms with Crippen LogP contribution >= 0.6 is 11.3 Å². The lowest BCUT2D eigenvalue weighted by Gasteiger charge is -2.26. The molecule has 0 saturated heterocycles. The van der Waals surface area contributed by atoms with Crippen molar-refractivity contribution in [2.24, 2.45) is 0 Å². The first-order valence-corrected chi connectivity index (χ1v) is 11.3. The second kappa shape index (κ2) is 8.12. The van der Waals surface area contributed by atoms with Crippen molar-refractivity contribution in [3.05, 3.63) is 87.3 Å². The Morgan fingerprint density at radius 2 is 1.94 bits per heavy atom. The van der Waals surface area contributed by atoms with E-state index in [2.05, 4.69) is 22.4 Å². The number of hydrogen-bond acceptors (Lipinski definition) is 4. The van der Waals surface area contributed by atoms with Crippen LogP contribution in [0, 0.1) is 6.92 Å². The average Bonchev–Trinajstić information content (AvgIpc) is 3.13. The number of aromatic nitrogens is 2. The predicted molar refractivity (Wildman–Crippen MR) is 124 cm³/mol. The topological polar surface area (TPSA) is 64.0 Å². The summed E-state index contributed by atoms with van der Waals surface area (Å²) in [5.74, 6) is -0.168. The van der Waals surface area contributed by atoms with E-state index >= 15 is 0 Å². The molecule has 0 aliphatic heterocycles. The zero-order valence-electron chi connectivity index (χ0n) is 17.3. The van der Waals surface area contributed by atoms with Crippen molar-refractivity contribution >= 4 is 27.5 Å². The van der Waals surface area contributed by atoms with Crippen molar-refractivity contribution in [2.45, 2.75) is 38.8 Å². The minimum Gasteiger partial charge on any atom is -0.348 e. The standard InChI is InChI=1S/C25H23N3O2S/c1-16-22(18-9-3-2-4-10-18)23-24(31-16)26-15-28(25(23)30)14-21(29)27-20-13-7-11-17-8-5-6-12-19(17)20/h2-6,8-10,12,15,20H,7,11,13-14H2,1H3,(H,27,29)/t20-/m0/s1. The van der Waals surface area contributed by atoms with Gasteiger partial charge in [0, 0.05) is 10.4 Å². The largest absolute Gasteiger partial charge is 0.348 e. The second-order valence-corrected chi connectivity index (χ2v) is 9.17. The summed E-state index contributed by atoms with van der Waals surface area (Å²) in [5.41, 5.74) is 4.20. The minimum absolute atomic E-state index is 0.00638. The summed E-state index contributed by atoms with van der Waals surface area (Å²) in [6, 6.07) is 18.1. The maximum atomic E-state index is 13.3. The Balaban J connectivity index is 1.45. The molecule has 1 aliphatic rings. The zero-order valence-corrected chi connectivity index (χ0v) is 18.1. The number of aryl methyl sites for hydroxylation is 2. The lowest BCUT2D eigenvalue weighted by molar-refractivity contribution is -0.122. The Labute approximate surface area is 184 Å². The van der Waals surface area contributed by atoms with E-state index in [9.17, 15) is 9.59 Å². The fourth-order valence-corrected chi connectivity index (χ4v) is 5.50. The number of nitrogens with zero attached hydrogens (tertiary/aromatic N) is 2. The molecule has 156 valence electrons. The molecule has 31 heavy (non-hydrogen) atoms. The third kappa shape index (κ3) is 3.68. The number of amides is 1. The van der Waals surface area contributed by atoms with Crippen molar-refractivity contribution < 1.29 is 4.79 Å². The van der Waals surface area contributed by atoms with Crippen molar-refractivity contribution in [1.29, 1.82) is 0 Å². The van der Waals surface area contributed by atoms with Crippen molar-refractivity contribution in [3.8, 4) is 11.1 Å². The summed E-state index contributed by atoms with van der Waals surface area (Å²) < 4.78 is 1.42. The molecule has 2 aromatic carbocycles. The van der Waals surface area contributed by atoms with Crippen LogP contribution in [0.3, 0.4) is 0 Å². The highest BCUT2D eigenvalue weighted by atomic mass is 32.1. The molecule has 6 heteroatoms. The minimum atomic E-state index is -0.174. The van der Waals surface area contributed by atoms with Gasteiger partial charge in [0.05, 0.1) is 17.8 Å². The number of thiophene rings is 1. The van der Waals surface area contributed by atoms with Gasteiger partial charge in [0.2, 0.25) is 5.91 Å². The summed E-state index contributed by atoms with van der Waals surface area (Å²) in [7, 11) is 0. The van der Waals surface area contributed by atoms with Crippen LogP contribution in [0.15, 0.2) is 65.7 Å². The summed E-state index contributed by atoms with van der Waals surface area (Å²) in [5, 5.41) is 3.72. The first-order valence-electron chi connectivity index (χ1n) is 10.5. The van der Waals surface area contributed by atoms with E-state index in [-0.39, 0.29) is 24.1 Å². The highest BCUT2D eigenvalue weighted by Crippen LogP contribution is 2.35. The first-order chi connectivity index (χ1) is 15.1. The third-order valence-corrected chi connectivity index (χ3v) is 6.95. The predicted octanol–water partition coefficient (Wildman–Crippen LogP) is 4.63. The lowest BCUT2D eigenvalue weighted by atomic mass is 9.88. The molecule has 0 bridgehead atoms. The van der Waals surface area contributed by atoms with Crippen LogP contribution in [0.5, 0.6) is 0 Å². The summed E-state index contributed by atoms with van der Waals surface area (Å²) in [4.78, 5) is 32.4. The van der Waals surface area contributed by atoms with Crippen LogP contribution in [0.2, 0.25) is 0 Å². The van der Waals surface area contributed by atoms with Crippen LogP contribution in [0.25, 0.3) is 21.3 Å².